The number of halogens is 3. The summed E-state index contributed by atoms with van der Waals surface area (Å²) < 4.78 is 47.7. The van der Waals surface area contributed by atoms with E-state index in [0.717, 1.165) is 11.1 Å². The summed E-state index contributed by atoms with van der Waals surface area (Å²) in [5.74, 6) is -2.06. The van der Waals surface area contributed by atoms with Gasteiger partial charge in [-0.2, -0.15) is 13.2 Å². The maximum absolute atomic E-state index is 12.5. The number of benzene rings is 1. The molecule has 0 amide bonds. The van der Waals surface area contributed by atoms with Crippen LogP contribution in [0, 0.1) is 13.8 Å². The van der Waals surface area contributed by atoms with Gasteiger partial charge in [0.25, 0.3) is 0 Å². The Kier molecular flexibility index (Phi) is 7.00. The highest BCUT2D eigenvalue weighted by molar-refractivity contribution is 5.91. The first kappa shape index (κ1) is 21.7. The fourth-order valence-electron chi connectivity index (χ4n) is 2.09. The third-order valence-corrected chi connectivity index (χ3v) is 4.15. The zero-order valence-electron chi connectivity index (χ0n) is 15.3. The number of carbonyl (C=O) groups excluding carboxylic acids is 2. The van der Waals surface area contributed by atoms with E-state index in [1.807, 2.05) is 13.0 Å². The van der Waals surface area contributed by atoms with Crippen molar-refractivity contribution >= 4 is 11.9 Å². The molecule has 0 saturated heterocycles. The molecule has 1 rings (SSSR count). The van der Waals surface area contributed by atoms with Crippen LogP contribution >= 0.6 is 0 Å². The highest BCUT2D eigenvalue weighted by atomic mass is 19.4. The van der Waals surface area contributed by atoms with E-state index in [1.54, 1.807) is 26.0 Å². The maximum Gasteiger partial charge on any atom is 0.422 e. The van der Waals surface area contributed by atoms with Crippen LogP contribution in [0.5, 0.6) is 0 Å². The third-order valence-electron chi connectivity index (χ3n) is 4.15. The second-order valence-corrected chi connectivity index (χ2v) is 6.37. The molecule has 0 saturated carbocycles. The van der Waals surface area contributed by atoms with Gasteiger partial charge in [-0.05, 0) is 38.8 Å². The molecule has 1 aromatic rings. The van der Waals surface area contributed by atoms with Crippen LogP contribution in [0.1, 0.15) is 48.2 Å². The number of ether oxygens (including phenoxy) is 2. The van der Waals surface area contributed by atoms with Crippen LogP contribution in [0.3, 0.4) is 0 Å². The number of hydrogen-bond acceptors (Lipinski definition) is 4. The molecule has 0 spiro atoms. The van der Waals surface area contributed by atoms with Crippen molar-refractivity contribution in [2.75, 3.05) is 6.61 Å². The van der Waals surface area contributed by atoms with Gasteiger partial charge in [0.15, 0.2) is 0 Å². The molecule has 0 aliphatic heterocycles. The molecule has 0 heterocycles. The van der Waals surface area contributed by atoms with Gasteiger partial charge in [-0.1, -0.05) is 31.2 Å². The van der Waals surface area contributed by atoms with E-state index in [9.17, 15) is 22.8 Å². The number of alkyl halides is 3. The predicted octanol–water partition coefficient (Wildman–Crippen LogP) is 4.68. The van der Waals surface area contributed by atoms with E-state index >= 15 is 0 Å². The topological polar surface area (TPSA) is 52.6 Å². The van der Waals surface area contributed by atoms with Crippen molar-refractivity contribution in [3.63, 3.8) is 0 Å². The lowest BCUT2D eigenvalue weighted by Gasteiger charge is -2.28. The van der Waals surface area contributed by atoms with Gasteiger partial charge in [-0.3, -0.25) is 0 Å². The summed E-state index contributed by atoms with van der Waals surface area (Å²) in [4.78, 5) is 23.8. The average molecular weight is 372 g/mol. The predicted molar refractivity (Wildman–Crippen MR) is 90.8 cm³/mol. The van der Waals surface area contributed by atoms with Gasteiger partial charge < -0.3 is 9.47 Å². The minimum Gasteiger partial charge on any atom is -0.462 e. The second kappa shape index (κ2) is 8.38. The van der Waals surface area contributed by atoms with E-state index in [2.05, 4.69) is 6.58 Å². The Balaban J connectivity index is 2.68. The van der Waals surface area contributed by atoms with Gasteiger partial charge in [0, 0.05) is 6.42 Å². The maximum atomic E-state index is 12.5. The monoisotopic (exact) mass is 372 g/mol. The number of rotatable bonds is 7. The van der Waals surface area contributed by atoms with Crippen LogP contribution in [0.25, 0.3) is 0 Å². The molecule has 7 heteroatoms. The summed E-state index contributed by atoms with van der Waals surface area (Å²) in [5.41, 5.74) is -0.685. The highest BCUT2D eigenvalue weighted by Gasteiger charge is 2.40. The van der Waals surface area contributed by atoms with Crippen LogP contribution in [0.4, 0.5) is 13.2 Å². The molecule has 0 aliphatic carbocycles. The lowest BCUT2D eigenvalue weighted by molar-refractivity contribution is -0.165. The Hall–Kier alpha value is -2.31. The molecule has 0 radical (unpaired) electrons. The molecule has 144 valence electrons. The zero-order chi connectivity index (χ0) is 20.1. The van der Waals surface area contributed by atoms with Crippen LogP contribution in [0.2, 0.25) is 0 Å². The summed E-state index contributed by atoms with van der Waals surface area (Å²) >= 11 is 0. The van der Waals surface area contributed by atoms with Gasteiger partial charge in [-0.15, -0.1) is 0 Å². The molecule has 1 unspecified atom stereocenters. The number of carbonyl (C=O) groups is 2. The first-order chi connectivity index (χ1) is 11.9. The average Bonchev–Trinajstić information content (AvgIpc) is 2.55. The summed E-state index contributed by atoms with van der Waals surface area (Å²) in [6, 6.07) is 5.36. The first-order valence-electron chi connectivity index (χ1n) is 8.13. The Morgan fingerprint density at radius 1 is 1.19 bits per heavy atom. The van der Waals surface area contributed by atoms with Crippen molar-refractivity contribution in [1.82, 2.24) is 0 Å². The van der Waals surface area contributed by atoms with E-state index in [-0.39, 0.29) is 19.4 Å². The number of aryl methyl sites for hydroxylation is 2. The lowest BCUT2D eigenvalue weighted by atomic mass is 9.99. The minimum atomic E-state index is -4.85. The molecule has 0 aromatic heterocycles. The van der Waals surface area contributed by atoms with Crippen molar-refractivity contribution in [2.24, 2.45) is 0 Å². The quantitative estimate of drug-likeness (QED) is 0.515. The largest absolute Gasteiger partial charge is 0.462 e. The molecular formula is C19H23F3O4. The Morgan fingerprint density at radius 3 is 2.35 bits per heavy atom. The van der Waals surface area contributed by atoms with Crippen molar-refractivity contribution < 1.29 is 32.2 Å². The van der Waals surface area contributed by atoms with Gasteiger partial charge in [0.05, 0.1) is 12.2 Å². The SMILES string of the molecule is C=C(C(=O)OC(C)(CC)CCOC(=O)c1cc(C)ccc1C)C(F)(F)F. The third kappa shape index (κ3) is 5.89. The molecule has 0 aliphatic rings. The van der Waals surface area contributed by atoms with Crippen molar-refractivity contribution in [1.29, 1.82) is 0 Å². The molecule has 0 bridgehead atoms. The van der Waals surface area contributed by atoms with E-state index in [0.29, 0.717) is 5.56 Å². The summed E-state index contributed by atoms with van der Waals surface area (Å²) in [6.45, 7) is 9.40. The number of hydrogen-bond donors (Lipinski definition) is 0. The van der Waals surface area contributed by atoms with Crippen molar-refractivity contribution in [3.05, 3.63) is 47.0 Å². The number of esters is 2. The molecule has 1 aromatic carbocycles. The van der Waals surface area contributed by atoms with Crippen molar-refractivity contribution in [2.45, 2.75) is 52.3 Å². The Morgan fingerprint density at radius 2 is 1.81 bits per heavy atom. The molecular weight excluding hydrogens is 349 g/mol. The van der Waals surface area contributed by atoms with Crippen LogP contribution in [0.15, 0.2) is 30.4 Å². The van der Waals surface area contributed by atoms with Crippen LogP contribution in [-0.4, -0.2) is 30.3 Å². The first-order valence-corrected chi connectivity index (χ1v) is 8.13. The molecule has 1 atom stereocenters. The standard InChI is InChI=1S/C19H23F3O4/c1-6-18(5,26-16(23)14(4)19(20,21)22)9-10-25-17(24)15-11-12(2)7-8-13(15)3/h7-8,11H,4,6,9-10H2,1-3,5H3. The lowest BCUT2D eigenvalue weighted by Crippen LogP contribution is -2.35. The fraction of sp³-hybridized carbons (Fsp3) is 0.474. The van der Waals surface area contributed by atoms with Gasteiger partial charge in [0.2, 0.25) is 0 Å². The van der Waals surface area contributed by atoms with Gasteiger partial charge in [0.1, 0.15) is 11.2 Å². The van der Waals surface area contributed by atoms with Crippen molar-refractivity contribution in [3.8, 4) is 0 Å². The molecule has 0 fully saturated rings. The highest BCUT2D eigenvalue weighted by Crippen LogP contribution is 2.28. The smallest absolute Gasteiger partial charge is 0.422 e. The minimum absolute atomic E-state index is 0.0664. The Bertz CT molecular complexity index is 695. The van der Waals surface area contributed by atoms with Gasteiger partial charge in [-0.25, -0.2) is 9.59 Å². The summed E-state index contributed by atoms with van der Waals surface area (Å²) in [7, 11) is 0. The van der Waals surface area contributed by atoms with Crippen LogP contribution in [-0.2, 0) is 14.3 Å². The molecule has 4 nitrogen and oxygen atoms in total. The zero-order valence-corrected chi connectivity index (χ0v) is 15.3. The second-order valence-electron chi connectivity index (χ2n) is 6.37. The van der Waals surface area contributed by atoms with Crippen LogP contribution < -0.4 is 0 Å². The van der Waals surface area contributed by atoms with E-state index in [4.69, 9.17) is 9.47 Å². The Labute approximate surface area is 151 Å². The molecule has 26 heavy (non-hydrogen) atoms. The molecule has 0 N–H and O–H groups in total. The van der Waals surface area contributed by atoms with Gasteiger partial charge >= 0.3 is 18.1 Å². The summed E-state index contributed by atoms with van der Waals surface area (Å²) in [5, 5.41) is 0. The summed E-state index contributed by atoms with van der Waals surface area (Å²) in [6.07, 6.45) is -4.53. The normalized spacial score (nSPS) is 13.7. The van der Waals surface area contributed by atoms with E-state index in [1.165, 1.54) is 6.92 Å². The van der Waals surface area contributed by atoms with E-state index < -0.39 is 29.3 Å². The fourth-order valence-corrected chi connectivity index (χ4v) is 2.09.